The van der Waals surface area contributed by atoms with Crippen LogP contribution < -0.4 is 5.73 Å². The lowest BCUT2D eigenvalue weighted by atomic mass is 10.00. The van der Waals surface area contributed by atoms with Gasteiger partial charge >= 0.3 is 0 Å². The lowest BCUT2D eigenvalue weighted by Crippen LogP contribution is -2.27. The first-order chi connectivity index (χ1) is 30.0. The van der Waals surface area contributed by atoms with Crippen LogP contribution in [0.15, 0.2) is 110 Å². The molecule has 0 saturated heterocycles. The van der Waals surface area contributed by atoms with Gasteiger partial charge in [0.15, 0.2) is 23.3 Å². The number of fused-ring (bicyclic) bond motifs is 2. The topological polar surface area (TPSA) is 197 Å². The first-order valence-corrected chi connectivity index (χ1v) is 22.2. The minimum Gasteiger partial charge on any atom is -0.388 e. The van der Waals surface area contributed by atoms with Crippen LogP contribution >= 0.6 is 12.4 Å². The fourth-order valence-corrected chi connectivity index (χ4v) is 8.30. The molecule has 0 bridgehead atoms. The molecule has 8 aromatic rings. The third kappa shape index (κ3) is 11.0. The van der Waals surface area contributed by atoms with Gasteiger partial charge < -0.3 is 15.9 Å². The summed E-state index contributed by atoms with van der Waals surface area (Å²) >= 11 is 0. The molecular formula is C47H54ClN11O3S. The molecule has 6 aromatic heterocycles. The number of hydrogen-bond donors (Lipinski definition) is 3. The van der Waals surface area contributed by atoms with Crippen molar-refractivity contribution in [3.05, 3.63) is 133 Å². The number of rotatable bonds is 14. The van der Waals surface area contributed by atoms with Gasteiger partial charge in [0.25, 0.3) is 0 Å². The number of aliphatic hydroxyl groups is 2. The van der Waals surface area contributed by atoms with Crippen LogP contribution in [0.4, 0.5) is 0 Å². The van der Waals surface area contributed by atoms with Gasteiger partial charge in [-0.05, 0) is 70.0 Å². The van der Waals surface area contributed by atoms with E-state index in [1.54, 1.807) is 46.3 Å². The lowest BCUT2D eigenvalue weighted by molar-refractivity contribution is 0.271. The van der Waals surface area contributed by atoms with Crippen LogP contribution in [0, 0.1) is 0 Å². The Morgan fingerprint density at radius 2 is 1.16 bits per heavy atom. The van der Waals surface area contributed by atoms with Crippen LogP contribution in [0.25, 0.3) is 56.0 Å². The quantitative estimate of drug-likeness (QED) is 0.0945. The molecule has 14 nitrogen and oxygen atoms in total. The molecule has 3 atom stereocenters. The molecule has 8 rings (SSSR count). The van der Waals surface area contributed by atoms with Crippen molar-refractivity contribution in [3.63, 3.8) is 0 Å². The number of halogens is 1. The molecule has 6 heterocycles. The summed E-state index contributed by atoms with van der Waals surface area (Å²) in [5, 5.41) is 29.6. The summed E-state index contributed by atoms with van der Waals surface area (Å²) in [5.41, 5.74) is 13.6. The molecule has 0 radical (unpaired) electrons. The summed E-state index contributed by atoms with van der Waals surface area (Å²) in [5.74, 6) is 2.68. The number of aliphatic hydroxyl groups excluding tert-OH is 2. The van der Waals surface area contributed by atoms with Crippen molar-refractivity contribution in [1.82, 2.24) is 49.5 Å². The second-order valence-electron chi connectivity index (χ2n) is 16.0. The molecule has 0 fully saturated rings. The third-order valence-corrected chi connectivity index (χ3v) is 12.5. The number of nitrogens with two attached hydrogens (primary N) is 1. The fourth-order valence-electron chi connectivity index (χ4n) is 7.10. The van der Waals surface area contributed by atoms with Gasteiger partial charge in [-0.25, -0.2) is 29.3 Å². The zero-order valence-electron chi connectivity index (χ0n) is 36.2. The van der Waals surface area contributed by atoms with Gasteiger partial charge in [-0.3, -0.25) is 14.2 Å². The van der Waals surface area contributed by atoms with Crippen molar-refractivity contribution in [3.8, 4) is 34.2 Å². The Bertz CT molecular complexity index is 2810. The second kappa shape index (κ2) is 21.0. The predicted molar refractivity (Wildman–Crippen MR) is 251 cm³/mol. The molecular weight excluding hydrogens is 834 g/mol. The highest BCUT2D eigenvalue weighted by Gasteiger charge is 2.25. The van der Waals surface area contributed by atoms with Crippen molar-refractivity contribution in [2.75, 3.05) is 5.75 Å². The minimum absolute atomic E-state index is 0. The maximum absolute atomic E-state index is 12.9. The summed E-state index contributed by atoms with van der Waals surface area (Å²) in [6.45, 7) is 9.90. The Kier molecular flexibility index (Phi) is 15.6. The van der Waals surface area contributed by atoms with Crippen LogP contribution in [0.3, 0.4) is 0 Å². The highest BCUT2D eigenvalue weighted by molar-refractivity contribution is 7.86. The number of aromatic nitrogens is 10. The van der Waals surface area contributed by atoms with Crippen molar-refractivity contribution in [1.29, 1.82) is 0 Å². The Hall–Kier alpha value is -5.84. The third-order valence-electron chi connectivity index (χ3n) is 10.4. The molecule has 16 heteroatoms. The smallest absolute Gasteiger partial charge is 0.157 e. The molecule has 63 heavy (non-hydrogen) atoms. The number of pyridine rings is 2. The van der Waals surface area contributed by atoms with E-state index in [4.69, 9.17) is 15.7 Å². The van der Waals surface area contributed by atoms with Crippen LogP contribution in [-0.4, -0.2) is 74.4 Å². The average molecular weight is 889 g/mol. The van der Waals surface area contributed by atoms with Gasteiger partial charge in [0.1, 0.15) is 13.2 Å². The molecule has 0 saturated carbocycles. The Labute approximate surface area is 376 Å². The summed E-state index contributed by atoms with van der Waals surface area (Å²) < 4.78 is 16.1. The number of benzene rings is 2. The SMILES string of the molecule is CCC[C@H](C[S@](=O)C(C)(C)C)c1cccc(-c2ccc3cnn(-c4ccnc(CO)n4)c3c2)n1.CCC[C@H](N)c1cccc(-c2ccc3cnn(-c4ccnc(CO)n4)c3c2)n1.Cl. The summed E-state index contributed by atoms with van der Waals surface area (Å²) in [4.78, 5) is 26.6. The highest BCUT2D eigenvalue weighted by atomic mass is 35.5. The van der Waals surface area contributed by atoms with E-state index in [0.29, 0.717) is 29.0 Å². The monoisotopic (exact) mass is 887 g/mol. The van der Waals surface area contributed by atoms with Crippen molar-refractivity contribution >= 4 is 45.0 Å². The lowest BCUT2D eigenvalue weighted by Gasteiger charge is -2.23. The van der Waals surface area contributed by atoms with E-state index < -0.39 is 10.8 Å². The van der Waals surface area contributed by atoms with E-state index in [1.807, 2.05) is 87.5 Å². The van der Waals surface area contributed by atoms with Gasteiger partial charge in [0.05, 0.1) is 40.5 Å². The van der Waals surface area contributed by atoms with E-state index >= 15 is 0 Å². The molecule has 0 aliphatic carbocycles. The minimum atomic E-state index is -0.942. The number of hydrogen-bond acceptors (Lipinski definition) is 12. The fraction of sp³-hybridized carbons (Fsp3) is 0.319. The maximum Gasteiger partial charge on any atom is 0.157 e. The normalized spacial score (nSPS) is 13.0. The zero-order valence-corrected chi connectivity index (χ0v) is 37.8. The largest absolute Gasteiger partial charge is 0.388 e. The van der Waals surface area contributed by atoms with Gasteiger partial charge in [-0.2, -0.15) is 10.2 Å². The Morgan fingerprint density at radius 1 is 0.667 bits per heavy atom. The van der Waals surface area contributed by atoms with Crippen LogP contribution in [0.5, 0.6) is 0 Å². The van der Waals surface area contributed by atoms with Gasteiger partial charge in [-0.15, -0.1) is 12.4 Å². The molecule has 4 N–H and O–H groups in total. The Morgan fingerprint density at radius 3 is 1.63 bits per heavy atom. The predicted octanol–water partition coefficient (Wildman–Crippen LogP) is 8.39. The van der Waals surface area contributed by atoms with E-state index in [1.165, 1.54) is 0 Å². The molecule has 0 unspecified atom stereocenters. The molecule has 328 valence electrons. The van der Waals surface area contributed by atoms with Crippen LogP contribution in [0.2, 0.25) is 0 Å². The second-order valence-corrected chi connectivity index (χ2v) is 18.3. The van der Waals surface area contributed by atoms with Gasteiger partial charge in [0.2, 0.25) is 0 Å². The molecule has 0 aliphatic rings. The molecule has 0 amide bonds. The molecule has 2 aromatic carbocycles. The first kappa shape index (κ1) is 46.7. The van der Waals surface area contributed by atoms with Crippen molar-refractivity contribution in [2.24, 2.45) is 5.73 Å². The van der Waals surface area contributed by atoms with E-state index in [0.717, 1.165) is 81.4 Å². The number of nitrogens with zero attached hydrogens (tertiary/aromatic N) is 10. The summed E-state index contributed by atoms with van der Waals surface area (Å²) in [6.07, 6.45) is 10.7. The first-order valence-electron chi connectivity index (χ1n) is 20.9. The van der Waals surface area contributed by atoms with E-state index in [2.05, 4.69) is 50.0 Å². The standard InChI is InChI=1S/C26H31N5O2S.C21H22N6O.ClH/c1-5-7-20(17-34(33)26(2,3)4)22-9-6-8-21(29-22)18-10-11-19-15-28-31(23(19)14-18)25-12-13-27-24(16-32)30-25;1-2-4-16(22)18-6-3-5-17(25-18)14-7-8-15-12-24-27(19(15)11-14)21-9-10-23-20(13-28)26-21;/h6,8-15,20,32H,5,7,16-17H2,1-4H3;3,5-12,16,28H,2,4,13,22H2,1H3;1H/t20-,34+;16-;/m10./s1. The van der Waals surface area contributed by atoms with Gasteiger partial charge in [-0.1, -0.05) is 63.1 Å². The van der Waals surface area contributed by atoms with E-state index in [9.17, 15) is 14.4 Å². The van der Waals surface area contributed by atoms with Gasteiger partial charge in [0, 0.05) is 85.4 Å². The molecule has 0 spiro atoms. The Balaban J connectivity index is 0.000000210. The van der Waals surface area contributed by atoms with Crippen molar-refractivity contribution < 1.29 is 14.4 Å². The molecule has 0 aliphatic heterocycles. The highest BCUT2D eigenvalue weighted by Crippen LogP contribution is 2.30. The van der Waals surface area contributed by atoms with Crippen LogP contribution in [-0.2, 0) is 24.0 Å². The summed E-state index contributed by atoms with van der Waals surface area (Å²) in [7, 11) is -0.942. The zero-order chi connectivity index (χ0) is 43.8. The van der Waals surface area contributed by atoms with Crippen molar-refractivity contribution in [2.45, 2.75) is 90.2 Å². The average Bonchev–Trinajstić information content (AvgIpc) is 3.93. The maximum atomic E-state index is 12.9. The van der Waals surface area contributed by atoms with Crippen LogP contribution in [0.1, 0.15) is 95.3 Å². The summed E-state index contributed by atoms with van der Waals surface area (Å²) in [6, 6.07) is 27.7. The van der Waals surface area contributed by atoms with E-state index in [-0.39, 0.29) is 42.3 Å².